The molecule has 92 valence electrons. The van der Waals surface area contributed by atoms with E-state index in [1.54, 1.807) is 25.1 Å². The maximum atomic E-state index is 11.6. The summed E-state index contributed by atoms with van der Waals surface area (Å²) in [6, 6.07) is 7.07. The molecular weight excluding hydrogens is 218 g/mol. The molecule has 1 atom stereocenters. The monoisotopic (exact) mass is 235 g/mol. The Hall–Kier alpha value is -1.84. The van der Waals surface area contributed by atoms with Crippen LogP contribution in [0, 0.1) is 5.92 Å². The Morgan fingerprint density at radius 3 is 2.71 bits per heavy atom. The predicted molar refractivity (Wildman–Crippen MR) is 65.0 cm³/mol. The molecule has 0 fully saturated rings. The molecule has 0 saturated carbocycles. The van der Waals surface area contributed by atoms with E-state index >= 15 is 0 Å². The van der Waals surface area contributed by atoms with E-state index in [1.807, 2.05) is 13.0 Å². The molecule has 4 heteroatoms. The average molecular weight is 235 g/mol. The van der Waals surface area contributed by atoms with Crippen molar-refractivity contribution in [3.05, 3.63) is 35.4 Å². The maximum absolute atomic E-state index is 11.6. The normalized spacial score (nSPS) is 11.9. The van der Waals surface area contributed by atoms with E-state index in [9.17, 15) is 9.59 Å². The Kier molecular flexibility index (Phi) is 4.69. The summed E-state index contributed by atoms with van der Waals surface area (Å²) >= 11 is 0. The van der Waals surface area contributed by atoms with Crippen molar-refractivity contribution in [2.45, 2.75) is 20.3 Å². The lowest BCUT2D eigenvalue weighted by Crippen LogP contribution is -2.22. The number of carboxylic acid groups (broad SMARTS) is 1. The van der Waals surface area contributed by atoms with Gasteiger partial charge in [-0.05, 0) is 31.0 Å². The fraction of sp³-hybridized carbons (Fsp3) is 0.385. The quantitative estimate of drug-likeness (QED) is 0.816. The van der Waals surface area contributed by atoms with Crippen molar-refractivity contribution >= 4 is 11.9 Å². The molecule has 1 rings (SSSR count). The van der Waals surface area contributed by atoms with Gasteiger partial charge in [0.05, 0.1) is 5.92 Å². The van der Waals surface area contributed by atoms with Crippen LogP contribution in [0.4, 0.5) is 0 Å². The lowest BCUT2D eigenvalue weighted by atomic mass is 9.99. The molecule has 4 nitrogen and oxygen atoms in total. The molecule has 0 bridgehead atoms. The molecule has 0 aliphatic rings. The number of amides is 1. The number of aliphatic carboxylic acids is 1. The van der Waals surface area contributed by atoms with E-state index in [4.69, 9.17) is 5.11 Å². The first kappa shape index (κ1) is 13.2. The van der Waals surface area contributed by atoms with Crippen LogP contribution in [0.25, 0.3) is 0 Å². The third-order valence-electron chi connectivity index (χ3n) is 2.49. The molecule has 0 aromatic heterocycles. The lowest BCUT2D eigenvalue weighted by Gasteiger charge is -2.08. The van der Waals surface area contributed by atoms with Crippen LogP contribution in [0.5, 0.6) is 0 Å². The second-order valence-corrected chi connectivity index (χ2v) is 4.00. The van der Waals surface area contributed by atoms with Gasteiger partial charge in [0.15, 0.2) is 0 Å². The first-order chi connectivity index (χ1) is 8.04. The van der Waals surface area contributed by atoms with Gasteiger partial charge in [0.2, 0.25) is 0 Å². The van der Waals surface area contributed by atoms with Gasteiger partial charge in [0, 0.05) is 12.1 Å². The predicted octanol–water partition coefficient (Wildman–Crippen LogP) is 1.70. The molecule has 1 aromatic rings. The van der Waals surface area contributed by atoms with Gasteiger partial charge in [-0.25, -0.2) is 0 Å². The summed E-state index contributed by atoms with van der Waals surface area (Å²) in [6.07, 6.45) is 0.433. The number of carboxylic acids is 1. The Balaban J connectivity index is 2.79. The van der Waals surface area contributed by atoms with Crippen LogP contribution in [0.3, 0.4) is 0 Å². The number of nitrogens with one attached hydrogen (secondary N) is 1. The van der Waals surface area contributed by atoms with E-state index < -0.39 is 11.9 Å². The summed E-state index contributed by atoms with van der Waals surface area (Å²) in [5, 5.41) is 11.5. The first-order valence-electron chi connectivity index (χ1n) is 5.64. The average Bonchev–Trinajstić information content (AvgIpc) is 2.29. The Morgan fingerprint density at radius 2 is 2.12 bits per heavy atom. The van der Waals surface area contributed by atoms with Crippen LogP contribution in [0.1, 0.15) is 29.8 Å². The molecule has 2 N–H and O–H groups in total. The van der Waals surface area contributed by atoms with Gasteiger partial charge in [0.25, 0.3) is 5.91 Å². The summed E-state index contributed by atoms with van der Waals surface area (Å²) in [6.45, 7) is 4.09. The van der Waals surface area contributed by atoms with E-state index in [0.717, 1.165) is 5.56 Å². The zero-order valence-corrected chi connectivity index (χ0v) is 10.1. The summed E-state index contributed by atoms with van der Waals surface area (Å²) in [4.78, 5) is 22.3. The van der Waals surface area contributed by atoms with E-state index in [1.165, 1.54) is 0 Å². The van der Waals surface area contributed by atoms with E-state index in [-0.39, 0.29) is 5.91 Å². The van der Waals surface area contributed by atoms with Crippen LogP contribution in [0.2, 0.25) is 0 Å². The number of carbonyl (C=O) groups is 2. The minimum atomic E-state index is -0.826. The third kappa shape index (κ3) is 3.90. The highest BCUT2D eigenvalue weighted by Crippen LogP contribution is 2.11. The Bertz CT molecular complexity index is 415. The Morgan fingerprint density at radius 1 is 1.41 bits per heavy atom. The molecule has 1 aromatic carbocycles. The highest BCUT2D eigenvalue weighted by Gasteiger charge is 2.12. The highest BCUT2D eigenvalue weighted by atomic mass is 16.4. The first-order valence-corrected chi connectivity index (χ1v) is 5.64. The van der Waals surface area contributed by atoms with Gasteiger partial charge in [-0.3, -0.25) is 9.59 Å². The number of carbonyl (C=O) groups excluding carboxylic acids is 1. The van der Waals surface area contributed by atoms with Crippen molar-refractivity contribution in [1.29, 1.82) is 0 Å². The largest absolute Gasteiger partial charge is 0.481 e. The van der Waals surface area contributed by atoms with Crippen LogP contribution in [-0.2, 0) is 11.2 Å². The minimum Gasteiger partial charge on any atom is -0.481 e. The number of hydrogen-bond acceptors (Lipinski definition) is 2. The van der Waals surface area contributed by atoms with Gasteiger partial charge >= 0.3 is 5.97 Å². The van der Waals surface area contributed by atoms with Crippen molar-refractivity contribution in [2.24, 2.45) is 5.92 Å². The molecule has 1 amide bonds. The molecule has 0 saturated heterocycles. The number of hydrogen-bond donors (Lipinski definition) is 2. The second-order valence-electron chi connectivity index (χ2n) is 4.00. The highest BCUT2D eigenvalue weighted by molar-refractivity contribution is 5.94. The lowest BCUT2D eigenvalue weighted by molar-refractivity contribution is -0.141. The summed E-state index contributed by atoms with van der Waals surface area (Å²) in [5.74, 6) is -1.40. The van der Waals surface area contributed by atoms with Crippen molar-refractivity contribution in [3.8, 4) is 0 Å². The molecule has 17 heavy (non-hydrogen) atoms. The van der Waals surface area contributed by atoms with Crippen LogP contribution in [-0.4, -0.2) is 23.5 Å². The minimum absolute atomic E-state index is 0.127. The molecule has 0 spiro atoms. The van der Waals surface area contributed by atoms with Crippen LogP contribution in [0.15, 0.2) is 24.3 Å². The molecule has 0 aliphatic carbocycles. The van der Waals surface area contributed by atoms with Gasteiger partial charge in [-0.15, -0.1) is 0 Å². The summed E-state index contributed by atoms with van der Waals surface area (Å²) < 4.78 is 0. The van der Waals surface area contributed by atoms with Crippen LogP contribution < -0.4 is 5.32 Å². The number of benzene rings is 1. The van der Waals surface area contributed by atoms with Crippen molar-refractivity contribution < 1.29 is 14.7 Å². The fourth-order valence-electron chi connectivity index (χ4n) is 1.54. The van der Waals surface area contributed by atoms with E-state index in [2.05, 4.69) is 5.32 Å². The molecule has 1 unspecified atom stereocenters. The molecular formula is C13H17NO3. The SMILES string of the molecule is CCNC(=O)c1cccc(CC(C)C(=O)O)c1. The van der Waals surface area contributed by atoms with Gasteiger partial charge in [-0.1, -0.05) is 19.1 Å². The van der Waals surface area contributed by atoms with Crippen LogP contribution >= 0.6 is 0 Å². The van der Waals surface area contributed by atoms with E-state index in [0.29, 0.717) is 18.5 Å². The van der Waals surface area contributed by atoms with Crippen molar-refractivity contribution in [2.75, 3.05) is 6.54 Å². The second kappa shape index (κ2) is 6.03. The molecule has 0 aliphatic heterocycles. The maximum Gasteiger partial charge on any atom is 0.306 e. The standard InChI is InChI=1S/C13H17NO3/c1-3-14-12(15)11-6-4-5-10(8-11)7-9(2)13(16)17/h4-6,8-9H,3,7H2,1-2H3,(H,14,15)(H,16,17). The smallest absolute Gasteiger partial charge is 0.306 e. The molecule has 0 heterocycles. The Labute approximate surface area is 101 Å². The fourth-order valence-corrected chi connectivity index (χ4v) is 1.54. The number of rotatable bonds is 5. The van der Waals surface area contributed by atoms with Crippen molar-refractivity contribution in [3.63, 3.8) is 0 Å². The van der Waals surface area contributed by atoms with Gasteiger partial charge in [0.1, 0.15) is 0 Å². The third-order valence-corrected chi connectivity index (χ3v) is 2.49. The zero-order valence-electron chi connectivity index (χ0n) is 10.1. The zero-order chi connectivity index (χ0) is 12.8. The summed E-state index contributed by atoms with van der Waals surface area (Å²) in [5.41, 5.74) is 1.44. The van der Waals surface area contributed by atoms with Crippen molar-refractivity contribution in [1.82, 2.24) is 5.32 Å². The van der Waals surface area contributed by atoms with Gasteiger partial charge < -0.3 is 10.4 Å². The topological polar surface area (TPSA) is 66.4 Å². The molecule has 0 radical (unpaired) electrons. The summed E-state index contributed by atoms with van der Waals surface area (Å²) in [7, 11) is 0. The van der Waals surface area contributed by atoms with Gasteiger partial charge in [-0.2, -0.15) is 0 Å².